The fourth-order valence-electron chi connectivity index (χ4n) is 1.89. The Bertz CT molecular complexity index is 419. The third-order valence-electron chi connectivity index (χ3n) is 2.91. The van der Waals surface area contributed by atoms with Gasteiger partial charge in [-0.3, -0.25) is 0 Å². The largest absolute Gasteiger partial charge is 0.362 e. The second kappa shape index (κ2) is 5.89. The molecule has 100 valence electrons. The molecule has 2 N–H and O–H groups in total. The van der Waals surface area contributed by atoms with Crippen molar-refractivity contribution in [2.24, 2.45) is 5.73 Å². The zero-order chi connectivity index (χ0) is 13.9. The summed E-state index contributed by atoms with van der Waals surface area (Å²) in [5, 5.41) is 0. The molecule has 0 spiro atoms. The Kier molecular flexibility index (Phi) is 5.00. The summed E-state index contributed by atoms with van der Waals surface area (Å²) < 4.78 is 1.08. The predicted octanol–water partition coefficient (Wildman–Crippen LogP) is 4.26. The van der Waals surface area contributed by atoms with Gasteiger partial charge in [-0.2, -0.15) is 0 Å². The zero-order valence-electron chi connectivity index (χ0n) is 11.7. The van der Waals surface area contributed by atoms with Gasteiger partial charge in [0, 0.05) is 22.6 Å². The lowest BCUT2D eigenvalue weighted by Gasteiger charge is -2.37. The summed E-state index contributed by atoms with van der Waals surface area (Å²) in [7, 11) is 0. The first-order valence-electron chi connectivity index (χ1n) is 6.21. The van der Waals surface area contributed by atoms with Crippen molar-refractivity contribution >= 4 is 21.6 Å². The van der Waals surface area contributed by atoms with E-state index in [0.717, 1.165) is 16.6 Å². The minimum atomic E-state index is 0.0482. The third kappa shape index (κ3) is 3.59. The predicted molar refractivity (Wildman–Crippen MR) is 84.0 cm³/mol. The minimum absolute atomic E-state index is 0.0482. The first-order chi connectivity index (χ1) is 8.27. The summed E-state index contributed by atoms with van der Waals surface area (Å²) in [6.07, 6.45) is 1.93. The van der Waals surface area contributed by atoms with Crippen LogP contribution < -0.4 is 10.6 Å². The van der Waals surface area contributed by atoms with E-state index in [4.69, 9.17) is 5.73 Å². The van der Waals surface area contributed by atoms with Gasteiger partial charge in [0.15, 0.2) is 0 Å². The lowest BCUT2D eigenvalue weighted by Crippen LogP contribution is -2.41. The van der Waals surface area contributed by atoms with Crippen LogP contribution in [0.4, 0.5) is 5.69 Å². The summed E-state index contributed by atoms with van der Waals surface area (Å²) >= 11 is 3.65. The summed E-state index contributed by atoms with van der Waals surface area (Å²) in [6, 6.07) is 6.37. The highest BCUT2D eigenvalue weighted by atomic mass is 79.9. The number of nitrogens with two attached hydrogens (primary N) is 1. The normalized spacial score (nSPS) is 13.2. The average Bonchev–Trinajstić information content (AvgIpc) is 2.24. The van der Waals surface area contributed by atoms with Crippen molar-refractivity contribution in [2.45, 2.75) is 39.3 Å². The molecule has 0 aromatic heterocycles. The highest BCUT2D eigenvalue weighted by Gasteiger charge is 2.22. The quantitative estimate of drug-likeness (QED) is 0.842. The Morgan fingerprint density at radius 3 is 2.44 bits per heavy atom. The fourth-order valence-corrected chi connectivity index (χ4v) is 2.50. The highest BCUT2D eigenvalue weighted by molar-refractivity contribution is 9.10. The summed E-state index contributed by atoms with van der Waals surface area (Å²) in [4.78, 5) is 2.31. The molecule has 0 amide bonds. The van der Waals surface area contributed by atoms with Crippen molar-refractivity contribution in [3.63, 3.8) is 0 Å². The molecule has 0 saturated heterocycles. The number of benzene rings is 1. The standard InChI is InChI=1S/C15H23BrN2/c1-6-9-18(15(3,4)5)14-8-7-12(11(2)17)10-13(14)16/h6-8,10-11H,1,9,17H2,2-5H3/t11-/m1/s1. The van der Waals surface area contributed by atoms with Gasteiger partial charge in [0.1, 0.15) is 0 Å². The van der Waals surface area contributed by atoms with Crippen molar-refractivity contribution in [3.8, 4) is 0 Å². The topological polar surface area (TPSA) is 29.3 Å². The molecule has 18 heavy (non-hydrogen) atoms. The zero-order valence-corrected chi connectivity index (χ0v) is 13.3. The van der Waals surface area contributed by atoms with E-state index in [9.17, 15) is 0 Å². The van der Waals surface area contributed by atoms with Gasteiger partial charge in [0.05, 0.1) is 5.69 Å². The SMILES string of the molecule is C=CCN(c1ccc([C@@H](C)N)cc1Br)C(C)(C)C. The molecule has 1 rings (SSSR count). The van der Waals surface area contributed by atoms with Gasteiger partial charge in [-0.15, -0.1) is 6.58 Å². The first kappa shape index (κ1) is 15.3. The monoisotopic (exact) mass is 310 g/mol. The van der Waals surface area contributed by atoms with E-state index >= 15 is 0 Å². The number of hydrogen-bond acceptors (Lipinski definition) is 2. The molecule has 0 aliphatic rings. The van der Waals surface area contributed by atoms with Crippen LogP contribution in [0.15, 0.2) is 35.3 Å². The van der Waals surface area contributed by atoms with Gasteiger partial charge >= 0.3 is 0 Å². The summed E-state index contributed by atoms with van der Waals surface area (Å²) in [6.45, 7) is 13.2. The molecule has 2 nitrogen and oxygen atoms in total. The van der Waals surface area contributed by atoms with Gasteiger partial charge in [-0.25, -0.2) is 0 Å². The maximum atomic E-state index is 5.90. The van der Waals surface area contributed by atoms with Crippen molar-refractivity contribution in [1.29, 1.82) is 0 Å². The average molecular weight is 311 g/mol. The molecule has 3 heteroatoms. The summed E-state index contributed by atoms with van der Waals surface area (Å²) in [5.41, 5.74) is 8.26. The highest BCUT2D eigenvalue weighted by Crippen LogP contribution is 2.33. The van der Waals surface area contributed by atoms with Crippen molar-refractivity contribution in [1.82, 2.24) is 0 Å². The van der Waals surface area contributed by atoms with Gasteiger partial charge in [0.2, 0.25) is 0 Å². The Balaban J connectivity index is 3.18. The number of hydrogen-bond donors (Lipinski definition) is 1. The second-order valence-corrected chi connectivity index (χ2v) is 6.42. The molecule has 1 aromatic carbocycles. The van der Waals surface area contributed by atoms with E-state index in [0.29, 0.717) is 0 Å². The Morgan fingerprint density at radius 1 is 1.44 bits per heavy atom. The Morgan fingerprint density at radius 2 is 2.06 bits per heavy atom. The first-order valence-corrected chi connectivity index (χ1v) is 7.00. The number of halogens is 1. The van der Waals surface area contributed by atoms with Crippen LogP contribution in [0.1, 0.15) is 39.3 Å². The van der Waals surface area contributed by atoms with E-state index in [-0.39, 0.29) is 11.6 Å². The maximum absolute atomic E-state index is 5.90. The molecule has 0 fully saturated rings. The van der Waals surface area contributed by atoms with Gasteiger partial charge in [-0.1, -0.05) is 12.1 Å². The van der Waals surface area contributed by atoms with Crippen LogP contribution in [0.2, 0.25) is 0 Å². The van der Waals surface area contributed by atoms with Crippen LogP contribution >= 0.6 is 15.9 Å². The van der Waals surface area contributed by atoms with Crippen molar-refractivity contribution in [2.75, 3.05) is 11.4 Å². The van der Waals surface area contributed by atoms with Crippen LogP contribution in [-0.2, 0) is 0 Å². The lowest BCUT2D eigenvalue weighted by molar-refractivity contribution is 0.521. The number of anilines is 1. The van der Waals surface area contributed by atoms with E-state index in [1.165, 1.54) is 5.69 Å². The molecule has 0 saturated carbocycles. The number of nitrogens with zero attached hydrogens (tertiary/aromatic N) is 1. The molecule has 0 aliphatic heterocycles. The summed E-state index contributed by atoms with van der Waals surface area (Å²) in [5.74, 6) is 0. The van der Waals surface area contributed by atoms with E-state index in [1.54, 1.807) is 0 Å². The third-order valence-corrected chi connectivity index (χ3v) is 3.54. The number of rotatable bonds is 4. The molecule has 0 radical (unpaired) electrons. The molecule has 0 heterocycles. The van der Waals surface area contributed by atoms with Crippen molar-refractivity contribution in [3.05, 3.63) is 40.9 Å². The molecular formula is C15H23BrN2. The van der Waals surface area contributed by atoms with Crippen molar-refractivity contribution < 1.29 is 0 Å². The van der Waals surface area contributed by atoms with E-state index in [1.807, 2.05) is 13.0 Å². The van der Waals surface area contributed by atoms with E-state index in [2.05, 4.69) is 66.4 Å². The van der Waals surface area contributed by atoms with Gasteiger partial charge in [-0.05, 0) is 61.3 Å². The van der Waals surface area contributed by atoms with Crippen LogP contribution in [0.25, 0.3) is 0 Å². The van der Waals surface area contributed by atoms with Crippen LogP contribution in [0.5, 0.6) is 0 Å². The second-order valence-electron chi connectivity index (χ2n) is 5.57. The van der Waals surface area contributed by atoms with Gasteiger partial charge < -0.3 is 10.6 Å². The van der Waals surface area contributed by atoms with Crippen LogP contribution in [-0.4, -0.2) is 12.1 Å². The smallest absolute Gasteiger partial charge is 0.0518 e. The minimum Gasteiger partial charge on any atom is -0.362 e. The van der Waals surface area contributed by atoms with Gasteiger partial charge in [0.25, 0.3) is 0 Å². The van der Waals surface area contributed by atoms with E-state index < -0.39 is 0 Å². The molecule has 1 atom stereocenters. The molecule has 0 aliphatic carbocycles. The molecular weight excluding hydrogens is 288 g/mol. The van der Waals surface area contributed by atoms with Crippen LogP contribution in [0, 0.1) is 0 Å². The Labute approximate surface area is 119 Å². The molecule has 0 bridgehead atoms. The Hall–Kier alpha value is -0.800. The fraction of sp³-hybridized carbons (Fsp3) is 0.467. The van der Waals surface area contributed by atoms with Crippen LogP contribution in [0.3, 0.4) is 0 Å². The molecule has 0 unspecified atom stereocenters. The maximum Gasteiger partial charge on any atom is 0.0518 e. The molecule has 1 aromatic rings. The lowest BCUT2D eigenvalue weighted by atomic mass is 10.0.